The van der Waals surface area contributed by atoms with E-state index in [1.807, 2.05) is 0 Å². The van der Waals surface area contributed by atoms with E-state index in [-0.39, 0.29) is 18.1 Å². The Morgan fingerprint density at radius 2 is 2.16 bits per heavy atom. The Kier molecular flexibility index (Phi) is 3.64. The lowest BCUT2D eigenvalue weighted by Gasteiger charge is -2.06. The molecule has 0 aliphatic carbocycles. The highest BCUT2D eigenvalue weighted by molar-refractivity contribution is 6.10. The van der Waals surface area contributed by atoms with Gasteiger partial charge >= 0.3 is 0 Å². The Bertz CT molecular complexity index is 619. The summed E-state index contributed by atoms with van der Waals surface area (Å²) in [5, 5.41) is 0. The summed E-state index contributed by atoms with van der Waals surface area (Å²) in [6, 6.07) is 2.93. The Labute approximate surface area is 110 Å². The van der Waals surface area contributed by atoms with Gasteiger partial charge in [0.25, 0.3) is 5.88 Å². The standard InChI is InChI=1S/C14H14FNO3/c1-4-18-14-12(15)10(5-6-16-14)13(17)11-7-8(2)19-9(11)3/h5-7H,4H2,1-3H3. The van der Waals surface area contributed by atoms with Gasteiger partial charge in [-0.05, 0) is 32.9 Å². The maximum absolute atomic E-state index is 14.1. The second-order valence-corrected chi connectivity index (χ2v) is 4.07. The average molecular weight is 263 g/mol. The Hall–Kier alpha value is -2.17. The summed E-state index contributed by atoms with van der Waals surface area (Å²) in [6.07, 6.45) is 1.35. The summed E-state index contributed by atoms with van der Waals surface area (Å²) in [5.41, 5.74) is 0.285. The first-order valence-electron chi connectivity index (χ1n) is 5.93. The fraction of sp³-hybridized carbons (Fsp3) is 0.286. The number of hydrogen-bond donors (Lipinski definition) is 0. The molecule has 2 aromatic heterocycles. The predicted molar refractivity (Wildman–Crippen MR) is 67.0 cm³/mol. The quantitative estimate of drug-likeness (QED) is 0.795. The molecule has 100 valence electrons. The zero-order valence-electron chi connectivity index (χ0n) is 11.0. The molecule has 4 nitrogen and oxygen atoms in total. The fourth-order valence-corrected chi connectivity index (χ4v) is 1.84. The number of ether oxygens (including phenoxy) is 1. The van der Waals surface area contributed by atoms with Gasteiger partial charge in [-0.3, -0.25) is 4.79 Å². The summed E-state index contributed by atoms with van der Waals surface area (Å²) in [6.45, 7) is 5.41. The smallest absolute Gasteiger partial charge is 0.251 e. The van der Waals surface area contributed by atoms with Crippen molar-refractivity contribution in [3.05, 3.63) is 46.8 Å². The number of aryl methyl sites for hydroxylation is 2. The fourth-order valence-electron chi connectivity index (χ4n) is 1.84. The van der Waals surface area contributed by atoms with E-state index in [1.54, 1.807) is 26.8 Å². The molecule has 2 heterocycles. The maximum Gasteiger partial charge on any atom is 0.251 e. The molecule has 0 amide bonds. The van der Waals surface area contributed by atoms with E-state index in [1.165, 1.54) is 12.3 Å². The summed E-state index contributed by atoms with van der Waals surface area (Å²) in [5.74, 6) is -0.258. The summed E-state index contributed by atoms with van der Waals surface area (Å²) in [7, 11) is 0. The van der Waals surface area contributed by atoms with Crippen LogP contribution in [-0.2, 0) is 0 Å². The number of ketones is 1. The lowest BCUT2D eigenvalue weighted by Crippen LogP contribution is -2.08. The minimum atomic E-state index is -0.743. The third-order valence-corrected chi connectivity index (χ3v) is 2.67. The van der Waals surface area contributed by atoms with Crippen molar-refractivity contribution < 1.29 is 18.3 Å². The molecule has 0 fully saturated rings. The molecule has 0 unspecified atom stereocenters. The number of nitrogens with zero attached hydrogens (tertiary/aromatic N) is 1. The summed E-state index contributed by atoms with van der Waals surface area (Å²) in [4.78, 5) is 16.0. The SMILES string of the molecule is CCOc1nccc(C(=O)c2cc(C)oc2C)c1F. The molecule has 0 aliphatic heterocycles. The first-order chi connectivity index (χ1) is 9.04. The molecule has 0 aliphatic rings. The van der Waals surface area contributed by atoms with Gasteiger partial charge in [-0.15, -0.1) is 0 Å². The van der Waals surface area contributed by atoms with Gasteiger partial charge in [0.05, 0.1) is 17.7 Å². The van der Waals surface area contributed by atoms with Gasteiger partial charge in [0, 0.05) is 6.20 Å². The van der Waals surface area contributed by atoms with E-state index >= 15 is 0 Å². The van der Waals surface area contributed by atoms with E-state index in [0.717, 1.165) is 0 Å². The average Bonchev–Trinajstić information content (AvgIpc) is 2.70. The number of halogens is 1. The maximum atomic E-state index is 14.1. The molecule has 0 atom stereocenters. The highest BCUT2D eigenvalue weighted by Gasteiger charge is 2.21. The first kappa shape index (κ1) is 13.3. The van der Waals surface area contributed by atoms with Gasteiger partial charge < -0.3 is 9.15 Å². The number of aromatic nitrogens is 1. The number of rotatable bonds is 4. The van der Waals surface area contributed by atoms with Crippen molar-refractivity contribution in [2.45, 2.75) is 20.8 Å². The van der Waals surface area contributed by atoms with Gasteiger partial charge in [0.2, 0.25) is 0 Å². The van der Waals surface area contributed by atoms with Crippen LogP contribution in [0.15, 0.2) is 22.7 Å². The van der Waals surface area contributed by atoms with Crippen molar-refractivity contribution in [3.8, 4) is 5.88 Å². The minimum absolute atomic E-state index is 0.0673. The number of carbonyl (C=O) groups is 1. The zero-order chi connectivity index (χ0) is 14.0. The molecule has 0 bridgehead atoms. The van der Waals surface area contributed by atoms with Crippen LogP contribution < -0.4 is 4.74 Å². The second-order valence-electron chi connectivity index (χ2n) is 4.07. The van der Waals surface area contributed by atoms with Gasteiger partial charge in [-0.1, -0.05) is 0 Å². The van der Waals surface area contributed by atoms with Crippen LogP contribution in [0.25, 0.3) is 0 Å². The Morgan fingerprint density at radius 3 is 2.74 bits per heavy atom. The normalized spacial score (nSPS) is 10.5. The molecule has 2 aromatic rings. The van der Waals surface area contributed by atoms with Gasteiger partial charge in [-0.2, -0.15) is 0 Å². The van der Waals surface area contributed by atoms with Crippen molar-refractivity contribution >= 4 is 5.78 Å². The van der Waals surface area contributed by atoms with Crippen LogP contribution in [0.4, 0.5) is 4.39 Å². The molecule has 0 saturated heterocycles. The Morgan fingerprint density at radius 1 is 1.42 bits per heavy atom. The van der Waals surface area contributed by atoms with Crippen LogP contribution in [0.3, 0.4) is 0 Å². The number of furan rings is 1. The van der Waals surface area contributed by atoms with Crippen LogP contribution in [0.1, 0.15) is 34.4 Å². The lowest BCUT2D eigenvalue weighted by molar-refractivity contribution is 0.103. The van der Waals surface area contributed by atoms with Crippen molar-refractivity contribution in [1.82, 2.24) is 4.98 Å². The zero-order valence-corrected chi connectivity index (χ0v) is 11.0. The van der Waals surface area contributed by atoms with Gasteiger partial charge in [-0.25, -0.2) is 9.37 Å². The molecular formula is C14H14FNO3. The van der Waals surface area contributed by atoms with Gasteiger partial charge in [0.1, 0.15) is 11.5 Å². The van der Waals surface area contributed by atoms with Crippen molar-refractivity contribution in [2.75, 3.05) is 6.61 Å². The Balaban J connectivity index is 2.44. The van der Waals surface area contributed by atoms with Crippen LogP contribution in [-0.4, -0.2) is 17.4 Å². The number of pyridine rings is 1. The summed E-state index contributed by atoms with van der Waals surface area (Å²) < 4.78 is 24.4. The van der Waals surface area contributed by atoms with E-state index < -0.39 is 11.6 Å². The van der Waals surface area contributed by atoms with E-state index in [2.05, 4.69) is 4.98 Å². The monoisotopic (exact) mass is 263 g/mol. The van der Waals surface area contributed by atoms with Crippen LogP contribution in [0, 0.1) is 19.7 Å². The second kappa shape index (κ2) is 5.22. The summed E-state index contributed by atoms with van der Waals surface area (Å²) >= 11 is 0. The molecule has 0 radical (unpaired) electrons. The van der Waals surface area contributed by atoms with Crippen LogP contribution in [0.2, 0.25) is 0 Å². The molecular weight excluding hydrogens is 249 g/mol. The topological polar surface area (TPSA) is 52.3 Å². The minimum Gasteiger partial charge on any atom is -0.476 e. The lowest BCUT2D eigenvalue weighted by atomic mass is 10.0. The molecule has 0 saturated carbocycles. The first-order valence-corrected chi connectivity index (χ1v) is 5.93. The predicted octanol–water partition coefficient (Wildman–Crippen LogP) is 3.06. The van der Waals surface area contributed by atoms with Gasteiger partial charge in [0.15, 0.2) is 11.6 Å². The molecule has 0 aromatic carbocycles. The van der Waals surface area contributed by atoms with E-state index in [4.69, 9.17) is 9.15 Å². The molecule has 2 rings (SSSR count). The van der Waals surface area contributed by atoms with Crippen molar-refractivity contribution in [3.63, 3.8) is 0 Å². The highest BCUT2D eigenvalue weighted by Crippen LogP contribution is 2.23. The highest BCUT2D eigenvalue weighted by atomic mass is 19.1. The number of hydrogen-bond acceptors (Lipinski definition) is 4. The third kappa shape index (κ3) is 2.50. The third-order valence-electron chi connectivity index (χ3n) is 2.67. The van der Waals surface area contributed by atoms with Crippen molar-refractivity contribution in [2.24, 2.45) is 0 Å². The molecule has 5 heteroatoms. The van der Waals surface area contributed by atoms with E-state index in [0.29, 0.717) is 17.1 Å². The molecule has 0 N–H and O–H groups in total. The van der Waals surface area contributed by atoms with Crippen LogP contribution >= 0.6 is 0 Å². The van der Waals surface area contributed by atoms with Crippen molar-refractivity contribution in [1.29, 1.82) is 0 Å². The van der Waals surface area contributed by atoms with E-state index in [9.17, 15) is 9.18 Å². The van der Waals surface area contributed by atoms with Crippen LogP contribution in [0.5, 0.6) is 5.88 Å². The number of carbonyl (C=O) groups excluding carboxylic acids is 1. The molecule has 0 spiro atoms. The molecule has 19 heavy (non-hydrogen) atoms. The largest absolute Gasteiger partial charge is 0.476 e.